The highest BCUT2D eigenvalue weighted by Gasteiger charge is 2.38. The molecule has 1 aromatic rings. The highest BCUT2D eigenvalue weighted by molar-refractivity contribution is 6.74. The maximum atomic E-state index is 10.6. The SMILES string of the molecule is CC(CC=Cc1cccc(O[Si](C)(C)C(C)(C)C)c1)NC(=O)O. The van der Waals surface area contributed by atoms with Gasteiger partial charge in [-0.05, 0) is 49.2 Å². The predicted molar refractivity (Wildman–Crippen MR) is 98.5 cm³/mol. The molecule has 0 bridgehead atoms. The fourth-order valence-corrected chi connectivity index (χ4v) is 2.83. The quantitative estimate of drug-likeness (QED) is 0.708. The summed E-state index contributed by atoms with van der Waals surface area (Å²) in [4.78, 5) is 10.6. The number of carboxylic acid groups (broad SMARTS) is 1. The first-order valence-electron chi connectivity index (χ1n) is 7.96. The molecule has 1 rings (SSSR count). The Morgan fingerprint density at radius 3 is 2.61 bits per heavy atom. The Balaban J connectivity index is 2.72. The number of hydrogen-bond donors (Lipinski definition) is 2. The van der Waals surface area contributed by atoms with Gasteiger partial charge < -0.3 is 14.8 Å². The van der Waals surface area contributed by atoms with Crippen molar-refractivity contribution >= 4 is 20.5 Å². The molecular weight excluding hydrogens is 306 g/mol. The van der Waals surface area contributed by atoms with Gasteiger partial charge in [-0.3, -0.25) is 0 Å². The first kappa shape index (κ1) is 19.3. The van der Waals surface area contributed by atoms with Crippen LogP contribution in [0, 0.1) is 0 Å². The Kier molecular flexibility index (Phi) is 6.44. The molecule has 0 aromatic heterocycles. The first-order chi connectivity index (χ1) is 10.5. The maximum Gasteiger partial charge on any atom is 0.404 e. The van der Waals surface area contributed by atoms with E-state index in [1.54, 1.807) is 0 Å². The van der Waals surface area contributed by atoms with E-state index in [0.717, 1.165) is 11.3 Å². The van der Waals surface area contributed by atoms with Crippen LogP contribution in [0.4, 0.5) is 4.79 Å². The van der Waals surface area contributed by atoms with Crippen LogP contribution in [0.1, 0.15) is 39.7 Å². The summed E-state index contributed by atoms with van der Waals surface area (Å²) in [5.41, 5.74) is 1.06. The van der Waals surface area contributed by atoms with Crippen LogP contribution in [0.2, 0.25) is 18.1 Å². The zero-order chi connectivity index (χ0) is 17.7. The number of rotatable bonds is 6. The highest BCUT2D eigenvalue weighted by atomic mass is 28.4. The van der Waals surface area contributed by atoms with Gasteiger partial charge in [0.1, 0.15) is 5.75 Å². The Morgan fingerprint density at radius 1 is 1.39 bits per heavy atom. The summed E-state index contributed by atoms with van der Waals surface area (Å²) in [5.74, 6) is 0.899. The zero-order valence-corrected chi connectivity index (χ0v) is 16.0. The van der Waals surface area contributed by atoms with Crippen LogP contribution in [-0.4, -0.2) is 25.6 Å². The van der Waals surface area contributed by atoms with Gasteiger partial charge in [0.05, 0.1) is 0 Å². The molecule has 1 amide bonds. The van der Waals surface area contributed by atoms with Gasteiger partial charge in [0, 0.05) is 6.04 Å². The predicted octanol–water partition coefficient (Wildman–Crippen LogP) is 5.13. The fourth-order valence-electron chi connectivity index (χ4n) is 1.81. The summed E-state index contributed by atoms with van der Waals surface area (Å²) in [5, 5.41) is 11.3. The smallest absolute Gasteiger partial charge is 0.404 e. The van der Waals surface area contributed by atoms with Gasteiger partial charge in [0.2, 0.25) is 8.32 Å². The molecule has 0 aliphatic heterocycles. The Hall–Kier alpha value is -1.75. The largest absolute Gasteiger partial charge is 0.543 e. The molecule has 23 heavy (non-hydrogen) atoms. The van der Waals surface area contributed by atoms with Crippen LogP contribution in [0.25, 0.3) is 6.08 Å². The summed E-state index contributed by atoms with van der Waals surface area (Å²) >= 11 is 0. The third-order valence-corrected chi connectivity index (χ3v) is 8.57. The minimum absolute atomic E-state index is 0.101. The van der Waals surface area contributed by atoms with Gasteiger partial charge in [-0.1, -0.05) is 45.1 Å². The minimum Gasteiger partial charge on any atom is -0.543 e. The van der Waals surface area contributed by atoms with Gasteiger partial charge in [0.15, 0.2) is 0 Å². The Labute approximate surface area is 140 Å². The number of hydrogen-bond acceptors (Lipinski definition) is 2. The van der Waals surface area contributed by atoms with E-state index in [1.165, 1.54) is 0 Å². The van der Waals surface area contributed by atoms with Crippen LogP contribution in [-0.2, 0) is 0 Å². The van der Waals surface area contributed by atoms with Gasteiger partial charge in [-0.25, -0.2) is 4.79 Å². The standard InChI is InChI=1S/C18H29NO3Si/c1-14(19-17(20)21)9-7-10-15-11-8-12-16(13-15)22-23(5,6)18(2,3)4/h7-8,10-14,19H,9H2,1-6H3,(H,20,21). The van der Waals surface area contributed by atoms with Crippen molar-refractivity contribution in [1.82, 2.24) is 5.32 Å². The van der Waals surface area contributed by atoms with Gasteiger partial charge in [-0.2, -0.15) is 0 Å². The van der Waals surface area contributed by atoms with Crippen LogP contribution in [0.3, 0.4) is 0 Å². The topological polar surface area (TPSA) is 58.6 Å². The van der Waals surface area contributed by atoms with Crippen molar-refractivity contribution in [3.8, 4) is 5.75 Å². The lowest BCUT2D eigenvalue weighted by molar-refractivity contribution is 0.191. The third-order valence-electron chi connectivity index (χ3n) is 4.21. The van der Waals surface area contributed by atoms with E-state index in [-0.39, 0.29) is 11.1 Å². The molecule has 0 saturated carbocycles. The summed E-state index contributed by atoms with van der Waals surface area (Å²) in [6.45, 7) is 13.0. The van der Waals surface area contributed by atoms with Crippen molar-refractivity contribution in [3.05, 3.63) is 35.9 Å². The Morgan fingerprint density at radius 2 is 2.04 bits per heavy atom. The molecule has 0 saturated heterocycles. The summed E-state index contributed by atoms with van der Waals surface area (Å²) in [6, 6.07) is 7.93. The lowest BCUT2D eigenvalue weighted by atomic mass is 10.1. The van der Waals surface area contributed by atoms with Gasteiger partial charge in [0.25, 0.3) is 0 Å². The van der Waals surface area contributed by atoms with E-state index in [0.29, 0.717) is 6.42 Å². The lowest BCUT2D eigenvalue weighted by Crippen LogP contribution is -2.43. The average Bonchev–Trinajstić information content (AvgIpc) is 2.36. The lowest BCUT2D eigenvalue weighted by Gasteiger charge is -2.36. The molecule has 0 spiro atoms. The average molecular weight is 336 g/mol. The number of carbonyl (C=O) groups is 1. The van der Waals surface area contributed by atoms with Crippen molar-refractivity contribution in [1.29, 1.82) is 0 Å². The second kappa shape index (κ2) is 7.68. The molecule has 0 aliphatic rings. The molecule has 128 valence electrons. The third kappa shape index (κ3) is 6.48. The van der Waals surface area contributed by atoms with Crippen molar-refractivity contribution in [2.75, 3.05) is 0 Å². The molecule has 1 aromatic carbocycles. The van der Waals surface area contributed by atoms with E-state index in [4.69, 9.17) is 9.53 Å². The molecule has 0 heterocycles. The van der Waals surface area contributed by atoms with Crippen LogP contribution >= 0.6 is 0 Å². The van der Waals surface area contributed by atoms with Crippen LogP contribution in [0.5, 0.6) is 5.75 Å². The van der Waals surface area contributed by atoms with Crippen molar-refractivity contribution < 1.29 is 14.3 Å². The van der Waals surface area contributed by atoms with E-state index >= 15 is 0 Å². The van der Waals surface area contributed by atoms with Crippen molar-refractivity contribution in [2.45, 2.75) is 58.3 Å². The Bertz CT molecular complexity index is 562. The number of amides is 1. The van der Waals surface area contributed by atoms with E-state index in [1.807, 2.05) is 43.3 Å². The molecule has 0 aliphatic carbocycles. The summed E-state index contributed by atoms with van der Waals surface area (Å²) in [6.07, 6.45) is 3.64. The fraction of sp³-hybridized carbons (Fsp3) is 0.500. The van der Waals surface area contributed by atoms with Gasteiger partial charge in [-0.15, -0.1) is 0 Å². The normalized spacial score (nSPS) is 13.8. The zero-order valence-electron chi connectivity index (χ0n) is 15.0. The molecule has 0 fully saturated rings. The molecule has 2 N–H and O–H groups in total. The minimum atomic E-state index is -1.84. The summed E-state index contributed by atoms with van der Waals surface area (Å²) < 4.78 is 6.30. The van der Waals surface area contributed by atoms with E-state index in [2.05, 4.69) is 39.2 Å². The van der Waals surface area contributed by atoms with Gasteiger partial charge >= 0.3 is 6.09 Å². The monoisotopic (exact) mass is 335 g/mol. The molecular formula is C18H29NO3Si. The first-order valence-corrected chi connectivity index (χ1v) is 10.9. The van der Waals surface area contributed by atoms with E-state index in [9.17, 15) is 4.79 Å². The number of nitrogens with one attached hydrogen (secondary N) is 1. The summed E-state index contributed by atoms with van der Waals surface area (Å²) in [7, 11) is -1.84. The van der Waals surface area contributed by atoms with Crippen molar-refractivity contribution in [3.63, 3.8) is 0 Å². The second-order valence-electron chi connectivity index (χ2n) is 7.42. The van der Waals surface area contributed by atoms with Crippen molar-refractivity contribution in [2.24, 2.45) is 0 Å². The van der Waals surface area contributed by atoms with Crippen LogP contribution in [0.15, 0.2) is 30.3 Å². The highest BCUT2D eigenvalue weighted by Crippen LogP contribution is 2.37. The molecule has 4 nitrogen and oxygen atoms in total. The number of benzene rings is 1. The molecule has 5 heteroatoms. The van der Waals surface area contributed by atoms with Crippen LogP contribution < -0.4 is 9.74 Å². The maximum absolute atomic E-state index is 10.6. The molecule has 1 atom stereocenters. The molecule has 0 radical (unpaired) electrons. The van der Waals surface area contributed by atoms with E-state index < -0.39 is 14.4 Å². The second-order valence-corrected chi connectivity index (χ2v) is 12.1. The molecule has 1 unspecified atom stereocenters.